The number of methoxy groups -OCH3 is 1. The molecule has 1 radical (unpaired) electrons. The van der Waals surface area contributed by atoms with Crippen LogP contribution in [0.4, 0.5) is 10.5 Å². The molecule has 0 aromatic heterocycles. The molecule has 5 heteroatoms. The number of benzene rings is 1. The molecule has 17 heavy (non-hydrogen) atoms. The van der Waals surface area contributed by atoms with Gasteiger partial charge in [0.1, 0.15) is 5.75 Å². The number of carbonyl (C=O) groups is 1. The molecule has 1 aromatic rings. The Bertz CT molecular complexity index is 379. The van der Waals surface area contributed by atoms with Crippen LogP contribution < -0.4 is 10.1 Å². The zero-order valence-electron chi connectivity index (χ0n) is 9.99. The second kappa shape index (κ2) is 6.75. The Labute approximate surface area is 100 Å². The minimum absolute atomic E-state index is 0.173. The molecule has 0 saturated carbocycles. The smallest absolute Gasteiger partial charge is 0.411 e. The lowest BCUT2D eigenvalue weighted by molar-refractivity contribution is 0.168. The van der Waals surface area contributed by atoms with Gasteiger partial charge in [0.25, 0.3) is 0 Å². The van der Waals surface area contributed by atoms with E-state index in [-0.39, 0.29) is 6.61 Å². The summed E-state index contributed by atoms with van der Waals surface area (Å²) >= 11 is 0. The average molecular weight is 238 g/mol. The van der Waals surface area contributed by atoms with Crippen LogP contribution in [-0.4, -0.2) is 26.4 Å². The lowest BCUT2D eigenvalue weighted by atomic mass is 10.1. The van der Waals surface area contributed by atoms with Crippen molar-refractivity contribution in [3.63, 3.8) is 0 Å². The van der Waals surface area contributed by atoms with Crippen molar-refractivity contribution >= 4 is 11.8 Å². The Morgan fingerprint density at radius 3 is 2.76 bits per heavy atom. The Kier molecular flexibility index (Phi) is 5.29. The Hall–Kier alpha value is -1.75. The number of ether oxygens (including phenoxy) is 2. The lowest BCUT2D eigenvalue weighted by Crippen LogP contribution is -2.14. The highest BCUT2D eigenvalue weighted by Crippen LogP contribution is 2.25. The SMILES string of the molecule is CCOC(=O)Nc1ccc(CC[O])cc1OC. The Morgan fingerprint density at radius 1 is 1.41 bits per heavy atom. The third-order valence-corrected chi connectivity index (χ3v) is 2.17. The van der Waals surface area contributed by atoms with E-state index >= 15 is 0 Å². The zero-order chi connectivity index (χ0) is 12.7. The molecule has 1 rings (SSSR count). The van der Waals surface area contributed by atoms with Crippen LogP contribution in [0, 0.1) is 0 Å². The van der Waals surface area contributed by atoms with Gasteiger partial charge in [-0.1, -0.05) is 6.07 Å². The van der Waals surface area contributed by atoms with Crippen LogP contribution in [0.15, 0.2) is 18.2 Å². The van der Waals surface area contributed by atoms with Gasteiger partial charge in [-0.15, -0.1) is 0 Å². The van der Waals surface area contributed by atoms with Gasteiger partial charge in [0.05, 0.1) is 26.0 Å². The molecule has 0 spiro atoms. The van der Waals surface area contributed by atoms with Crippen LogP contribution in [0.2, 0.25) is 0 Å². The van der Waals surface area contributed by atoms with E-state index in [1.165, 1.54) is 7.11 Å². The first-order valence-corrected chi connectivity index (χ1v) is 5.40. The van der Waals surface area contributed by atoms with E-state index in [0.717, 1.165) is 5.56 Å². The van der Waals surface area contributed by atoms with E-state index in [9.17, 15) is 9.90 Å². The summed E-state index contributed by atoms with van der Waals surface area (Å²) in [7, 11) is 1.51. The first-order valence-electron chi connectivity index (χ1n) is 5.40. The van der Waals surface area contributed by atoms with E-state index in [0.29, 0.717) is 24.5 Å². The second-order valence-electron chi connectivity index (χ2n) is 3.33. The number of nitrogens with one attached hydrogen (secondary N) is 1. The minimum Gasteiger partial charge on any atom is -0.495 e. The Balaban J connectivity index is 2.81. The zero-order valence-corrected chi connectivity index (χ0v) is 9.99. The van der Waals surface area contributed by atoms with Crippen molar-refractivity contribution in [2.75, 3.05) is 25.6 Å². The molecule has 93 valence electrons. The molecule has 1 N–H and O–H groups in total. The molecule has 0 unspecified atom stereocenters. The van der Waals surface area contributed by atoms with Gasteiger partial charge in [-0.05, 0) is 31.0 Å². The van der Waals surface area contributed by atoms with Gasteiger partial charge in [-0.2, -0.15) is 0 Å². The molecule has 0 bridgehead atoms. The summed E-state index contributed by atoms with van der Waals surface area (Å²) in [4.78, 5) is 11.3. The molecule has 5 nitrogen and oxygen atoms in total. The lowest BCUT2D eigenvalue weighted by Gasteiger charge is -2.11. The van der Waals surface area contributed by atoms with E-state index in [4.69, 9.17) is 9.47 Å². The van der Waals surface area contributed by atoms with Crippen LogP contribution >= 0.6 is 0 Å². The topological polar surface area (TPSA) is 67.5 Å². The fourth-order valence-electron chi connectivity index (χ4n) is 1.39. The van der Waals surface area contributed by atoms with Crippen molar-refractivity contribution in [1.82, 2.24) is 0 Å². The quantitative estimate of drug-likeness (QED) is 0.855. The number of hydrogen-bond acceptors (Lipinski definition) is 3. The van der Waals surface area contributed by atoms with Crippen LogP contribution in [0.5, 0.6) is 5.75 Å². The number of carbonyl (C=O) groups excluding carboxylic acids is 1. The molecule has 0 aliphatic carbocycles. The molecule has 0 aliphatic rings. The maximum Gasteiger partial charge on any atom is 0.411 e. The van der Waals surface area contributed by atoms with E-state index < -0.39 is 6.09 Å². The summed E-state index contributed by atoms with van der Waals surface area (Å²) in [6.45, 7) is 1.87. The van der Waals surface area contributed by atoms with Gasteiger partial charge in [0, 0.05) is 0 Å². The fraction of sp³-hybridized carbons (Fsp3) is 0.417. The summed E-state index contributed by atoms with van der Waals surface area (Å²) in [5.41, 5.74) is 1.41. The highest BCUT2D eigenvalue weighted by Gasteiger charge is 2.08. The minimum atomic E-state index is -0.526. The molecule has 0 fully saturated rings. The van der Waals surface area contributed by atoms with Crippen LogP contribution in [-0.2, 0) is 16.3 Å². The highest BCUT2D eigenvalue weighted by molar-refractivity contribution is 5.86. The monoisotopic (exact) mass is 238 g/mol. The molecule has 0 atom stereocenters. The van der Waals surface area contributed by atoms with Crippen molar-refractivity contribution in [3.8, 4) is 5.75 Å². The van der Waals surface area contributed by atoms with Gasteiger partial charge in [-0.25, -0.2) is 9.90 Å². The van der Waals surface area contributed by atoms with Crippen molar-refractivity contribution < 1.29 is 19.4 Å². The maximum absolute atomic E-state index is 11.3. The maximum atomic E-state index is 11.3. The van der Waals surface area contributed by atoms with Crippen molar-refractivity contribution in [2.45, 2.75) is 13.3 Å². The number of anilines is 1. The third-order valence-electron chi connectivity index (χ3n) is 2.17. The van der Waals surface area contributed by atoms with E-state index in [1.807, 2.05) is 0 Å². The summed E-state index contributed by atoms with van der Waals surface area (Å²) in [5, 5.41) is 13.1. The molecule has 0 saturated heterocycles. The predicted molar refractivity (Wildman–Crippen MR) is 62.9 cm³/mol. The highest BCUT2D eigenvalue weighted by atomic mass is 16.5. The number of rotatable bonds is 5. The fourth-order valence-corrected chi connectivity index (χ4v) is 1.39. The summed E-state index contributed by atoms with van der Waals surface area (Å²) in [6.07, 6.45) is -0.0851. The predicted octanol–water partition coefficient (Wildman–Crippen LogP) is 2.24. The molecular formula is C12H16NO4. The molecule has 1 aromatic carbocycles. The summed E-state index contributed by atoms with van der Waals surface area (Å²) in [5.74, 6) is 0.518. The summed E-state index contributed by atoms with van der Waals surface area (Å²) in [6, 6.07) is 5.21. The van der Waals surface area contributed by atoms with Gasteiger partial charge < -0.3 is 9.47 Å². The number of amides is 1. The molecule has 0 aliphatic heterocycles. The van der Waals surface area contributed by atoms with Crippen LogP contribution in [0.3, 0.4) is 0 Å². The molecule has 1 amide bonds. The first kappa shape index (κ1) is 13.3. The van der Waals surface area contributed by atoms with E-state index in [2.05, 4.69) is 5.32 Å². The summed E-state index contributed by atoms with van der Waals surface area (Å²) < 4.78 is 9.91. The first-order chi connectivity index (χ1) is 8.21. The normalized spacial score (nSPS) is 9.82. The van der Waals surface area contributed by atoms with Gasteiger partial charge in [0.15, 0.2) is 0 Å². The van der Waals surface area contributed by atoms with Gasteiger partial charge >= 0.3 is 6.09 Å². The second-order valence-corrected chi connectivity index (χ2v) is 3.33. The van der Waals surface area contributed by atoms with Gasteiger partial charge in [0.2, 0.25) is 0 Å². The molecular weight excluding hydrogens is 222 g/mol. The standard InChI is InChI=1S/C12H16NO4/c1-3-17-12(15)13-10-5-4-9(6-7-14)8-11(10)16-2/h4-5,8H,3,6-7H2,1-2H3,(H,13,15). The van der Waals surface area contributed by atoms with E-state index in [1.54, 1.807) is 25.1 Å². The largest absolute Gasteiger partial charge is 0.495 e. The van der Waals surface area contributed by atoms with Crippen molar-refractivity contribution in [3.05, 3.63) is 23.8 Å². The van der Waals surface area contributed by atoms with Gasteiger partial charge in [-0.3, -0.25) is 5.32 Å². The third kappa shape index (κ3) is 3.96. The van der Waals surface area contributed by atoms with Crippen LogP contribution in [0.1, 0.15) is 12.5 Å². The number of hydrogen-bond donors (Lipinski definition) is 1. The molecule has 0 heterocycles. The van der Waals surface area contributed by atoms with Crippen molar-refractivity contribution in [1.29, 1.82) is 0 Å². The van der Waals surface area contributed by atoms with Crippen molar-refractivity contribution in [2.24, 2.45) is 0 Å². The van der Waals surface area contributed by atoms with Crippen LogP contribution in [0.25, 0.3) is 0 Å². The Morgan fingerprint density at radius 2 is 2.18 bits per heavy atom. The average Bonchev–Trinajstić information content (AvgIpc) is 2.31.